The van der Waals surface area contributed by atoms with E-state index >= 15 is 0 Å². The summed E-state index contributed by atoms with van der Waals surface area (Å²) in [6.07, 6.45) is 4.19. The second-order valence-corrected chi connectivity index (χ2v) is 9.40. The van der Waals surface area contributed by atoms with Gasteiger partial charge in [-0.15, -0.1) is 0 Å². The van der Waals surface area contributed by atoms with Gasteiger partial charge in [-0.2, -0.15) is 4.31 Å². The highest BCUT2D eigenvalue weighted by molar-refractivity contribution is 7.89. The van der Waals surface area contributed by atoms with E-state index in [0.29, 0.717) is 31.4 Å². The maximum absolute atomic E-state index is 12.6. The molecule has 7 heteroatoms. The van der Waals surface area contributed by atoms with Crippen LogP contribution in [0.2, 0.25) is 5.02 Å². The first-order chi connectivity index (χ1) is 12.5. The molecule has 0 N–H and O–H groups in total. The predicted octanol–water partition coefficient (Wildman–Crippen LogP) is 3.88. The largest absolute Gasteiger partial charge is 0.447 e. The average molecular weight is 395 g/mol. The third-order valence-electron chi connectivity index (χ3n) is 5.02. The van der Waals surface area contributed by atoms with E-state index in [9.17, 15) is 8.42 Å². The lowest BCUT2D eigenvalue weighted by atomic mass is 10.2. The van der Waals surface area contributed by atoms with Gasteiger partial charge in [0.1, 0.15) is 5.76 Å². The predicted molar refractivity (Wildman–Crippen MR) is 100 cm³/mol. The number of benzene rings is 1. The van der Waals surface area contributed by atoms with Crippen molar-refractivity contribution in [1.82, 2.24) is 9.21 Å². The van der Waals surface area contributed by atoms with E-state index in [2.05, 4.69) is 4.90 Å². The van der Waals surface area contributed by atoms with Gasteiger partial charge < -0.3 is 4.42 Å². The summed E-state index contributed by atoms with van der Waals surface area (Å²) in [6, 6.07) is 11.8. The second kappa shape index (κ2) is 7.35. The maximum atomic E-state index is 12.6. The molecule has 1 aromatic carbocycles. The van der Waals surface area contributed by atoms with Gasteiger partial charge in [0.15, 0.2) is 0 Å². The number of hydrogen-bond acceptors (Lipinski definition) is 4. The first-order valence-corrected chi connectivity index (χ1v) is 10.9. The first-order valence-electron chi connectivity index (χ1n) is 9.10. The third kappa shape index (κ3) is 3.98. The van der Waals surface area contributed by atoms with Crippen LogP contribution in [0.25, 0.3) is 0 Å². The lowest BCUT2D eigenvalue weighted by Crippen LogP contribution is -2.27. The van der Waals surface area contributed by atoms with Gasteiger partial charge in [0.2, 0.25) is 5.09 Å². The Labute approximate surface area is 159 Å². The summed E-state index contributed by atoms with van der Waals surface area (Å²) in [4.78, 5) is 2.34. The minimum absolute atomic E-state index is 0.0663. The van der Waals surface area contributed by atoms with Crippen molar-refractivity contribution in [3.63, 3.8) is 0 Å². The van der Waals surface area contributed by atoms with E-state index in [1.165, 1.54) is 22.7 Å². The van der Waals surface area contributed by atoms with Crippen molar-refractivity contribution in [2.45, 2.75) is 49.9 Å². The van der Waals surface area contributed by atoms with Gasteiger partial charge in [-0.05, 0) is 55.5 Å². The van der Waals surface area contributed by atoms with Crippen molar-refractivity contribution in [3.05, 3.63) is 52.7 Å². The molecule has 2 fully saturated rings. The van der Waals surface area contributed by atoms with E-state index in [1.807, 2.05) is 24.3 Å². The van der Waals surface area contributed by atoms with Crippen molar-refractivity contribution in [3.8, 4) is 0 Å². The smallest absolute Gasteiger partial charge is 0.276 e. The highest BCUT2D eigenvalue weighted by atomic mass is 35.5. The Morgan fingerprint density at radius 3 is 2.38 bits per heavy atom. The zero-order valence-electron chi connectivity index (χ0n) is 14.6. The van der Waals surface area contributed by atoms with Gasteiger partial charge in [-0.1, -0.05) is 23.7 Å². The van der Waals surface area contributed by atoms with E-state index in [1.54, 1.807) is 12.1 Å². The van der Waals surface area contributed by atoms with E-state index in [0.717, 1.165) is 24.4 Å². The summed E-state index contributed by atoms with van der Waals surface area (Å²) in [6.45, 7) is 2.59. The SMILES string of the molecule is O=S(=O)(c1ccc(CN(Cc2ccc(Cl)cc2)C2CC2)o1)N1CCCC1. The number of rotatable bonds is 7. The number of sulfonamides is 1. The highest BCUT2D eigenvalue weighted by Crippen LogP contribution is 2.31. The molecule has 26 heavy (non-hydrogen) atoms. The first kappa shape index (κ1) is 18.0. The van der Waals surface area contributed by atoms with E-state index in [4.69, 9.17) is 16.0 Å². The number of halogens is 1. The van der Waals surface area contributed by atoms with Gasteiger partial charge in [0.25, 0.3) is 10.0 Å². The molecule has 0 spiro atoms. The summed E-state index contributed by atoms with van der Waals surface area (Å²) in [5.41, 5.74) is 1.19. The van der Waals surface area contributed by atoms with Crippen molar-refractivity contribution in [2.75, 3.05) is 13.1 Å². The monoisotopic (exact) mass is 394 g/mol. The lowest BCUT2D eigenvalue weighted by Gasteiger charge is -2.21. The van der Waals surface area contributed by atoms with Crippen LogP contribution in [-0.2, 0) is 23.1 Å². The molecule has 0 unspecified atom stereocenters. The quantitative estimate of drug-likeness (QED) is 0.715. The van der Waals surface area contributed by atoms with Crippen LogP contribution in [0.4, 0.5) is 0 Å². The fourth-order valence-corrected chi connectivity index (χ4v) is 4.99. The molecule has 0 atom stereocenters. The standard InChI is InChI=1S/C19H23ClN2O3S/c20-16-5-3-15(4-6-16)13-21(17-7-8-17)14-18-9-10-19(25-18)26(23,24)22-11-1-2-12-22/h3-6,9-10,17H,1-2,7-8,11-14H2. The lowest BCUT2D eigenvalue weighted by molar-refractivity contribution is 0.218. The molecule has 2 aromatic rings. The topological polar surface area (TPSA) is 53.8 Å². The Balaban J connectivity index is 1.47. The molecular formula is C19H23ClN2O3S. The minimum atomic E-state index is -3.49. The van der Waals surface area contributed by atoms with E-state index < -0.39 is 10.0 Å². The van der Waals surface area contributed by atoms with Crippen molar-refractivity contribution >= 4 is 21.6 Å². The molecule has 140 valence electrons. The molecule has 2 aliphatic rings. The van der Waals surface area contributed by atoms with Crippen LogP contribution in [0.5, 0.6) is 0 Å². The van der Waals surface area contributed by atoms with Crippen LogP contribution in [-0.4, -0.2) is 36.8 Å². The van der Waals surface area contributed by atoms with Gasteiger partial charge in [-0.3, -0.25) is 4.90 Å². The number of hydrogen-bond donors (Lipinski definition) is 0. The fraction of sp³-hybridized carbons (Fsp3) is 0.474. The van der Waals surface area contributed by atoms with E-state index in [-0.39, 0.29) is 5.09 Å². The highest BCUT2D eigenvalue weighted by Gasteiger charge is 2.32. The van der Waals surface area contributed by atoms with Crippen LogP contribution >= 0.6 is 11.6 Å². The van der Waals surface area contributed by atoms with Crippen LogP contribution < -0.4 is 0 Å². The summed E-state index contributed by atoms with van der Waals surface area (Å²) in [5.74, 6) is 0.698. The minimum Gasteiger partial charge on any atom is -0.447 e. The molecule has 1 saturated heterocycles. The summed E-state index contributed by atoms with van der Waals surface area (Å²) >= 11 is 5.96. The number of nitrogens with zero attached hydrogens (tertiary/aromatic N) is 2. The molecule has 4 rings (SSSR count). The Morgan fingerprint density at radius 1 is 1.04 bits per heavy atom. The fourth-order valence-electron chi connectivity index (χ4n) is 3.42. The number of furan rings is 1. The second-order valence-electron chi connectivity index (χ2n) is 7.09. The van der Waals surface area contributed by atoms with Crippen LogP contribution in [0.15, 0.2) is 45.9 Å². The van der Waals surface area contributed by atoms with Crippen LogP contribution in [0.1, 0.15) is 37.0 Å². The molecule has 1 saturated carbocycles. The maximum Gasteiger partial charge on any atom is 0.276 e. The van der Waals surface area contributed by atoms with Crippen LogP contribution in [0, 0.1) is 0 Å². The molecule has 0 bridgehead atoms. The Kier molecular flexibility index (Phi) is 5.10. The molecule has 0 amide bonds. The van der Waals surface area contributed by atoms with Gasteiger partial charge >= 0.3 is 0 Å². The summed E-state index contributed by atoms with van der Waals surface area (Å²) < 4.78 is 32.5. The van der Waals surface area contributed by atoms with Gasteiger partial charge in [0, 0.05) is 30.7 Å². The van der Waals surface area contributed by atoms with Crippen molar-refractivity contribution < 1.29 is 12.8 Å². The molecule has 1 aliphatic heterocycles. The van der Waals surface area contributed by atoms with Gasteiger partial charge in [-0.25, -0.2) is 8.42 Å². The Morgan fingerprint density at radius 2 is 1.73 bits per heavy atom. The molecule has 5 nitrogen and oxygen atoms in total. The zero-order valence-corrected chi connectivity index (χ0v) is 16.2. The Hall–Kier alpha value is -1.34. The molecule has 1 aliphatic carbocycles. The Bertz CT molecular complexity index is 853. The third-order valence-corrected chi connectivity index (χ3v) is 7.04. The molecule has 2 heterocycles. The summed E-state index contributed by atoms with van der Waals surface area (Å²) in [5, 5.41) is 0.797. The molecule has 0 radical (unpaired) electrons. The summed E-state index contributed by atoms with van der Waals surface area (Å²) in [7, 11) is -3.49. The normalized spacial score (nSPS) is 18.7. The van der Waals surface area contributed by atoms with Crippen molar-refractivity contribution in [2.24, 2.45) is 0 Å². The van der Waals surface area contributed by atoms with Crippen molar-refractivity contribution in [1.29, 1.82) is 0 Å². The van der Waals surface area contributed by atoms with Crippen LogP contribution in [0.3, 0.4) is 0 Å². The molecular weight excluding hydrogens is 372 g/mol. The zero-order chi connectivity index (χ0) is 18.1. The molecule has 1 aromatic heterocycles. The average Bonchev–Trinajstić information content (AvgIpc) is 3.11. The van der Waals surface area contributed by atoms with Gasteiger partial charge in [0.05, 0.1) is 6.54 Å².